The second-order valence-electron chi connectivity index (χ2n) is 3.66. The molecule has 0 fully saturated rings. The molecular formula is C13H10F3. The normalized spacial score (nSPS) is 14.0. The predicted octanol–water partition coefficient (Wildman–Crippen LogP) is 4.32. The van der Waals surface area contributed by atoms with Gasteiger partial charge >= 0.3 is 6.18 Å². The summed E-state index contributed by atoms with van der Waals surface area (Å²) in [5.41, 5.74) is 0.227. The lowest BCUT2D eigenvalue weighted by Crippen LogP contribution is -2.18. The van der Waals surface area contributed by atoms with Gasteiger partial charge in [0.1, 0.15) is 0 Å². The zero-order valence-corrected chi connectivity index (χ0v) is 8.46. The quantitative estimate of drug-likeness (QED) is 0.675. The summed E-state index contributed by atoms with van der Waals surface area (Å²) >= 11 is 0. The highest BCUT2D eigenvalue weighted by Crippen LogP contribution is 2.37. The molecule has 2 aromatic carbocycles. The Morgan fingerprint density at radius 2 is 1.56 bits per heavy atom. The first kappa shape index (κ1) is 11.0. The maximum Gasteiger partial charge on any atom is 0.395 e. The van der Waals surface area contributed by atoms with Crippen LogP contribution in [0.4, 0.5) is 13.2 Å². The summed E-state index contributed by atoms with van der Waals surface area (Å²) in [6.07, 6.45) is -4.30. The molecule has 0 spiro atoms. The van der Waals surface area contributed by atoms with Crippen LogP contribution in [0.3, 0.4) is 0 Å². The van der Waals surface area contributed by atoms with E-state index >= 15 is 0 Å². The van der Waals surface area contributed by atoms with Crippen molar-refractivity contribution in [1.29, 1.82) is 0 Å². The summed E-state index contributed by atoms with van der Waals surface area (Å²) in [5.74, 6) is -1.68. The molecule has 83 valence electrons. The van der Waals surface area contributed by atoms with Gasteiger partial charge in [-0.2, -0.15) is 13.2 Å². The highest BCUT2D eigenvalue weighted by Gasteiger charge is 2.37. The Bertz CT molecular complexity index is 494. The second-order valence-corrected chi connectivity index (χ2v) is 3.66. The Labute approximate surface area is 91.7 Å². The van der Waals surface area contributed by atoms with Gasteiger partial charge in [-0.25, -0.2) is 0 Å². The fraction of sp³-hybridized carbons (Fsp3) is 0.154. The summed E-state index contributed by atoms with van der Waals surface area (Å²) < 4.78 is 37.8. The van der Waals surface area contributed by atoms with E-state index in [0.29, 0.717) is 5.39 Å². The van der Waals surface area contributed by atoms with E-state index in [1.54, 1.807) is 36.4 Å². The molecule has 0 bridgehead atoms. The third-order valence-electron chi connectivity index (χ3n) is 2.59. The Balaban J connectivity index is 2.61. The molecule has 0 N–H and O–H groups in total. The van der Waals surface area contributed by atoms with Gasteiger partial charge in [0.2, 0.25) is 0 Å². The molecule has 0 saturated heterocycles. The molecule has 0 aliphatic carbocycles. The van der Waals surface area contributed by atoms with Crippen LogP contribution in [0.25, 0.3) is 10.8 Å². The van der Waals surface area contributed by atoms with E-state index in [1.165, 1.54) is 6.07 Å². The Kier molecular flexibility index (Phi) is 2.62. The molecule has 0 amide bonds. The van der Waals surface area contributed by atoms with E-state index < -0.39 is 12.1 Å². The highest BCUT2D eigenvalue weighted by atomic mass is 19.4. The van der Waals surface area contributed by atoms with E-state index in [-0.39, 0.29) is 5.56 Å². The standard InChI is InChI=1S/C13H10F3/c1-9(13(14,15)16)11-8-4-6-10-5-2-3-7-12(10)11/h2-9H,1H2. The number of hydrogen-bond acceptors (Lipinski definition) is 0. The number of benzene rings is 2. The molecule has 1 radical (unpaired) electrons. The first-order valence-corrected chi connectivity index (χ1v) is 4.87. The van der Waals surface area contributed by atoms with Crippen LogP contribution in [-0.2, 0) is 0 Å². The Morgan fingerprint density at radius 3 is 2.25 bits per heavy atom. The van der Waals surface area contributed by atoms with E-state index in [4.69, 9.17) is 0 Å². The first-order chi connectivity index (χ1) is 7.50. The van der Waals surface area contributed by atoms with Crippen LogP contribution in [0.5, 0.6) is 0 Å². The summed E-state index contributed by atoms with van der Waals surface area (Å²) in [6, 6.07) is 11.9. The van der Waals surface area contributed by atoms with Crippen molar-refractivity contribution in [2.45, 2.75) is 12.1 Å². The minimum atomic E-state index is -4.30. The predicted molar refractivity (Wildman–Crippen MR) is 58.1 cm³/mol. The average molecular weight is 223 g/mol. The van der Waals surface area contributed by atoms with Crippen LogP contribution < -0.4 is 0 Å². The lowest BCUT2D eigenvalue weighted by molar-refractivity contribution is -0.140. The third kappa shape index (κ3) is 1.90. The summed E-state index contributed by atoms with van der Waals surface area (Å²) in [5, 5.41) is 1.42. The van der Waals surface area contributed by atoms with Gasteiger partial charge in [-0.05, 0) is 23.3 Å². The van der Waals surface area contributed by atoms with E-state index in [9.17, 15) is 13.2 Å². The van der Waals surface area contributed by atoms with Crippen molar-refractivity contribution >= 4 is 10.8 Å². The van der Waals surface area contributed by atoms with Crippen LogP contribution in [0.2, 0.25) is 0 Å². The van der Waals surface area contributed by atoms with Gasteiger partial charge in [-0.3, -0.25) is 0 Å². The van der Waals surface area contributed by atoms with E-state index in [1.807, 2.05) is 0 Å². The van der Waals surface area contributed by atoms with Crippen molar-refractivity contribution in [2.24, 2.45) is 0 Å². The molecule has 0 aromatic heterocycles. The Hall–Kier alpha value is -1.51. The molecular weight excluding hydrogens is 213 g/mol. The minimum absolute atomic E-state index is 0.227. The Morgan fingerprint density at radius 1 is 0.938 bits per heavy atom. The monoisotopic (exact) mass is 223 g/mol. The molecule has 0 nitrogen and oxygen atoms in total. The summed E-state index contributed by atoms with van der Waals surface area (Å²) in [6.45, 7) is 3.20. The van der Waals surface area contributed by atoms with Crippen molar-refractivity contribution in [3.63, 3.8) is 0 Å². The fourth-order valence-corrected chi connectivity index (χ4v) is 1.73. The minimum Gasteiger partial charge on any atom is -0.170 e. The SMILES string of the molecule is [CH2]C(c1cccc2ccccc12)C(F)(F)F. The first-order valence-electron chi connectivity index (χ1n) is 4.87. The van der Waals surface area contributed by atoms with Crippen LogP contribution in [0.15, 0.2) is 42.5 Å². The third-order valence-corrected chi connectivity index (χ3v) is 2.59. The maximum absolute atomic E-state index is 12.6. The van der Waals surface area contributed by atoms with Gasteiger partial charge in [-0.1, -0.05) is 42.5 Å². The maximum atomic E-state index is 12.6. The summed E-state index contributed by atoms with van der Waals surface area (Å²) in [7, 11) is 0. The molecule has 1 unspecified atom stereocenters. The molecule has 16 heavy (non-hydrogen) atoms. The fourth-order valence-electron chi connectivity index (χ4n) is 1.73. The molecule has 2 rings (SSSR count). The lowest BCUT2D eigenvalue weighted by Gasteiger charge is -2.17. The zero-order chi connectivity index (χ0) is 11.8. The zero-order valence-electron chi connectivity index (χ0n) is 8.46. The molecule has 0 saturated carbocycles. The highest BCUT2D eigenvalue weighted by molar-refractivity contribution is 5.86. The van der Waals surface area contributed by atoms with Gasteiger partial charge in [0.15, 0.2) is 0 Å². The van der Waals surface area contributed by atoms with Crippen molar-refractivity contribution in [2.75, 3.05) is 0 Å². The van der Waals surface area contributed by atoms with E-state index in [0.717, 1.165) is 5.39 Å². The average Bonchev–Trinajstić information content (AvgIpc) is 2.26. The van der Waals surface area contributed by atoms with Gasteiger partial charge in [0, 0.05) is 0 Å². The van der Waals surface area contributed by atoms with Crippen molar-refractivity contribution in [1.82, 2.24) is 0 Å². The largest absolute Gasteiger partial charge is 0.395 e. The van der Waals surface area contributed by atoms with Crippen LogP contribution in [0.1, 0.15) is 11.5 Å². The molecule has 2 aromatic rings. The van der Waals surface area contributed by atoms with Crippen molar-refractivity contribution in [3.8, 4) is 0 Å². The number of alkyl halides is 3. The molecule has 0 heterocycles. The number of rotatable bonds is 1. The summed E-state index contributed by atoms with van der Waals surface area (Å²) in [4.78, 5) is 0. The molecule has 3 heteroatoms. The molecule has 0 aliphatic rings. The van der Waals surface area contributed by atoms with Gasteiger partial charge in [-0.15, -0.1) is 0 Å². The number of hydrogen-bond donors (Lipinski definition) is 0. The number of halogens is 3. The topological polar surface area (TPSA) is 0 Å². The molecule has 0 aliphatic heterocycles. The lowest BCUT2D eigenvalue weighted by atomic mass is 9.94. The number of fused-ring (bicyclic) bond motifs is 1. The smallest absolute Gasteiger partial charge is 0.170 e. The van der Waals surface area contributed by atoms with E-state index in [2.05, 4.69) is 6.92 Å². The van der Waals surface area contributed by atoms with Crippen LogP contribution in [0, 0.1) is 6.92 Å². The van der Waals surface area contributed by atoms with Crippen LogP contribution >= 0.6 is 0 Å². The second kappa shape index (κ2) is 3.81. The molecule has 1 atom stereocenters. The van der Waals surface area contributed by atoms with Crippen LogP contribution in [-0.4, -0.2) is 6.18 Å². The van der Waals surface area contributed by atoms with Gasteiger partial charge < -0.3 is 0 Å². The van der Waals surface area contributed by atoms with Crippen molar-refractivity contribution in [3.05, 3.63) is 55.0 Å². The van der Waals surface area contributed by atoms with Crippen molar-refractivity contribution < 1.29 is 13.2 Å². The van der Waals surface area contributed by atoms with Gasteiger partial charge in [0.05, 0.1) is 5.92 Å². The van der Waals surface area contributed by atoms with Gasteiger partial charge in [0.25, 0.3) is 0 Å².